The van der Waals surface area contributed by atoms with Gasteiger partial charge < -0.3 is 9.15 Å². The third kappa shape index (κ3) is 4.46. The molecule has 3 heterocycles. The maximum atomic E-state index is 13.8. The van der Waals surface area contributed by atoms with E-state index in [2.05, 4.69) is 11.9 Å². The fourth-order valence-corrected chi connectivity index (χ4v) is 5.72. The molecule has 1 amide bonds. The van der Waals surface area contributed by atoms with Gasteiger partial charge in [0.1, 0.15) is 11.3 Å². The average molecular weight is 517 g/mol. The summed E-state index contributed by atoms with van der Waals surface area (Å²) in [7, 11) is 0. The molecule has 0 fully saturated rings. The van der Waals surface area contributed by atoms with Crippen LogP contribution in [0.1, 0.15) is 81.8 Å². The van der Waals surface area contributed by atoms with E-state index in [4.69, 9.17) is 9.15 Å². The number of rotatable bonds is 8. The van der Waals surface area contributed by atoms with Crippen molar-refractivity contribution in [1.82, 2.24) is 4.98 Å². The van der Waals surface area contributed by atoms with Crippen molar-refractivity contribution < 1.29 is 18.7 Å². The van der Waals surface area contributed by atoms with Gasteiger partial charge in [-0.05, 0) is 50.1 Å². The Morgan fingerprint density at radius 3 is 2.68 bits per heavy atom. The Morgan fingerprint density at radius 2 is 1.95 bits per heavy atom. The molecule has 37 heavy (non-hydrogen) atoms. The zero-order valence-electron chi connectivity index (χ0n) is 21.3. The Balaban J connectivity index is 1.69. The number of benzene rings is 2. The average Bonchev–Trinajstić information content (AvgIpc) is 3.40. The lowest BCUT2D eigenvalue weighted by Gasteiger charge is -2.23. The molecule has 2 aromatic carbocycles. The molecule has 0 N–H and O–H groups in total. The monoisotopic (exact) mass is 516 g/mol. The molecule has 0 spiro atoms. The summed E-state index contributed by atoms with van der Waals surface area (Å²) in [6.45, 7) is 7.84. The van der Waals surface area contributed by atoms with Gasteiger partial charge in [-0.15, -0.1) is 0 Å². The normalized spacial score (nSPS) is 14.9. The zero-order chi connectivity index (χ0) is 26.3. The summed E-state index contributed by atoms with van der Waals surface area (Å²) in [5, 5.41) is 0.767. The quantitative estimate of drug-likeness (QED) is 0.199. The topological polar surface area (TPSA) is 89.7 Å². The summed E-state index contributed by atoms with van der Waals surface area (Å²) in [4.78, 5) is 46.3. The van der Waals surface area contributed by atoms with Crippen LogP contribution in [0.2, 0.25) is 0 Å². The Hall–Kier alpha value is -3.78. The molecule has 1 atom stereocenters. The van der Waals surface area contributed by atoms with Crippen LogP contribution in [0, 0.1) is 13.8 Å². The molecule has 8 heteroatoms. The van der Waals surface area contributed by atoms with Gasteiger partial charge in [-0.25, -0.2) is 4.98 Å². The highest BCUT2D eigenvalue weighted by molar-refractivity contribution is 7.17. The van der Waals surface area contributed by atoms with Crippen LogP contribution in [-0.4, -0.2) is 23.3 Å². The number of amides is 1. The number of carbonyl (C=O) groups is 2. The zero-order valence-corrected chi connectivity index (χ0v) is 22.1. The predicted octanol–water partition coefficient (Wildman–Crippen LogP) is 6.39. The number of ether oxygens (including phenoxy) is 1. The lowest BCUT2D eigenvalue weighted by Crippen LogP contribution is -2.29. The van der Waals surface area contributed by atoms with Crippen LogP contribution in [-0.2, 0) is 0 Å². The van der Waals surface area contributed by atoms with Crippen LogP contribution in [0.15, 0.2) is 51.7 Å². The summed E-state index contributed by atoms with van der Waals surface area (Å²) in [6.07, 6.45) is 3.12. The molecule has 1 aliphatic rings. The third-order valence-electron chi connectivity index (χ3n) is 6.53. The number of carbonyl (C=O) groups excluding carboxylic acids is 2. The van der Waals surface area contributed by atoms with Crippen molar-refractivity contribution in [1.29, 1.82) is 0 Å². The summed E-state index contributed by atoms with van der Waals surface area (Å²) in [5.74, 6) is 0.0746. The highest BCUT2D eigenvalue weighted by atomic mass is 32.1. The van der Waals surface area contributed by atoms with E-state index in [1.807, 2.05) is 37.3 Å². The number of hydrogen-bond acceptors (Lipinski definition) is 7. The Labute approximate surface area is 218 Å². The first-order valence-corrected chi connectivity index (χ1v) is 13.2. The van der Waals surface area contributed by atoms with Gasteiger partial charge in [0.05, 0.1) is 34.2 Å². The SMILES string of the molecule is CCCCCOc1cccc(C2c3c(oc4ccc(C)cc4c3=O)C(=O)N2c2nc(C)c(C(C)=O)s2)c1. The largest absolute Gasteiger partial charge is 0.494 e. The van der Waals surface area contributed by atoms with Crippen molar-refractivity contribution in [2.45, 2.75) is 53.0 Å². The number of thiazole rings is 1. The minimum absolute atomic E-state index is 0.00199. The van der Waals surface area contributed by atoms with E-state index < -0.39 is 11.9 Å². The molecule has 5 rings (SSSR count). The molecule has 0 radical (unpaired) electrons. The minimum atomic E-state index is -0.770. The summed E-state index contributed by atoms with van der Waals surface area (Å²) in [5.41, 5.74) is 2.54. The van der Waals surface area contributed by atoms with Gasteiger partial charge in [-0.3, -0.25) is 19.3 Å². The van der Waals surface area contributed by atoms with Gasteiger partial charge in [0.15, 0.2) is 16.3 Å². The van der Waals surface area contributed by atoms with Gasteiger partial charge >= 0.3 is 0 Å². The predicted molar refractivity (Wildman–Crippen MR) is 144 cm³/mol. The first-order valence-electron chi connectivity index (χ1n) is 12.4. The smallest absolute Gasteiger partial charge is 0.297 e. The maximum Gasteiger partial charge on any atom is 0.297 e. The molecule has 1 unspecified atom stereocenters. The molecule has 7 nitrogen and oxygen atoms in total. The molecular formula is C29H28N2O5S. The second-order valence-electron chi connectivity index (χ2n) is 9.35. The Morgan fingerprint density at radius 1 is 1.14 bits per heavy atom. The van der Waals surface area contributed by atoms with Crippen LogP contribution in [0.5, 0.6) is 5.75 Å². The Kier molecular flexibility index (Phi) is 6.69. The molecular weight excluding hydrogens is 488 g/mol. The molecule has 4 aromatic rings. The second-order valence-corrected chi connectivity index (χ2v) is 10.3. The van der Waals surface area contributed by atoms with E-state index in [1.165, 1.54) is 11.8 Å². The van der Waals surface area contributed by atoms with Gasteiger partial charge in [0.2, 0.25) is 5.76 Å². The summed E-state index contributed by atoms with van der Waals surface area (Å²) in [6, 6.07) is 12.0. The number of anilines is 1. The maximum absolute atomic E-state index is 13.8. The molecule has 1 aliphatic heterocycles. The number of ketones is 1. The van der Waals surface area contributed by atoms with Gasteiger partial charge in [-0.2, -0.15) is 0 Å². The van der Waals surface area contributed by atoms with Crippen molar-refractivity contribution in [3.05, 3.63) is 85.7 Å². The van der Waals surface area contributed by atoms with Crippen LogP contribution in [0.3, 0.4) is 0 Å². The fraction of sp³-hybridized carbons (Fsp3) is 0.310. The minimum Gasteiger partial charge on any atom is -0.494 e. The van der Waals surface area contributed by atoms with E-state index in [9.17, 15) is 14.4 Å². The first kappa shape index (κ1) is 24.9. The third-order valence-corrected chi connectivity index (χ3v) is 7.78. The van der Waals surface area contributed by atoms with Crippen molar-refractivity contribution in [2.75, 3.05) is 11.5 Å². The fourth-order valence-electron chi connectivity index (χ4n) is 4.73. The van der Waals surface area contributed by atoms with E-state index >= 15 is 0 Å². The first-order chi connectivity index (χ1) is 17.8. The highest BCUT2D eigenvalue weighted by Gasteiger charge is 2.45. The summed E-state index contributed by atoms with van der Waals surface area (Å²) >= 11 is 1.14. The highest BCUT2D eigenvalue weighted by Crippen LogP contribution is 2.43. The molecule has 0 aliphatic carbocycles. The van der Waals surface area contributed by atoms with Crippen LogP contribution < -0.4 is 15.1 Å². The molecule has 0 saturated carbocycles. The lowest BCUT2D eigenvalue weighted by molar-refractivity contribution is 0.0969. The van der Waals surface area contributed by atoms with E-state index in [1.54, 1.807) is 19.1 Å². The Bertz CT molecular complexity index is 1590. The number of unbranched alkanes of at least 4 members (excludes halogenated alkanes) is 2. The van der Waals surface area contributed by atoms with Gasteiger partial charge in [-0.1, -0.05) is 54.9 Å². The number of nitrogens with zero attached hydrogens (tertiary/aromatic N) is 2. The van der Waals surface area contributed by atoms with Crippen molar-refractivity contribution in [2.24, 2.45) is 0 Å². The van der Waals surface area contributed by atoms with Crippen molar-refractivity contribution in [3.63, 3.8) is 0 Å². The molecule has 0 saturated heterocycles. The number of aryl methyl sites for hydroxylation is 2. The second kappa shape index (κ2) is 9.94. The number of Topliss-reactive ketones (excluding diaryl/α,β-unsaturated/α-hetero) is 1. The van der Waals surface area contributed by atoms with Crippen LogP contribution >= 0.6 is 11.3 Å². The van der Waals surface area contributed by atoms with Crippen LogP contribution in [0.25, 0.3) is 11.0 Å². The van der Waals surface area contributed by atoms with Crippen LogP contribution in [0.4, 0.5) is 5.13 Å². The number of aromatic nitrogens is 1. The van der Waals surface area contributed by atoms with E-state index in [-0.39, 0.29) is 22.5 Å². The molecule has 2 aromatic heterocycles. The van der Waals surface area contributed by atoms with Crippen molar-refractivity contribution >= 4 is 39.1 Å². The van der Waals surface area contributed by atoms with Gasteiger partial charge in [0.25, 0.3) is 5.91 Å². The molecule has 190 valence electrons. The van der Waals surface area contributed by atoms with Crippen molar-refractivity contribution in [3.8, 4) is 5.75 Å². The summed E-state index contributed by atoms with van der Waals surface area (Å²) < 4.78 is 12.0. The van der Waals surface area contributed by atoms with E-state index in [0.717, 1.165) is 36.2 Å². The number of fused-ring (bicyclic) bond motifs is 2. The standard InChI is InChI=1S/C29H28N2O5S/c1-5-6-7-13-35-20-10-8-9-19(15-20)24-23-25(33)21-14-16(2)11-12-22(21)36-26(23)28(34)31(24)29-30-17(3)27(37-29)18(4)32/h8-12,14-15,24H,5-7,13H2,1-4H3. The van der Waals surface area contributed by atoms with Gasteiger partial charge in [0, 0.05) is 6.92 Å². The number of hydrogen-bond donors (Lipinski definition) is 0. The molecule has 0 bridgehead atoms. The van der Waals surface area contributed by atoms with E-state index in [0.29, 0.717) is 44.6 Å². The lowest BCUT2D eigenvalue weighted by atomic mass is 9.98.